The molecule has 0 bridgehead atoms. The summed E-state index contributed by atoms with van der Waals surface area (Å²) in [4.78, 5) is 24.2. The van der Waals surface area contributed by atoms with E-state index < -0.39 is 5.97 Å². The van der Waals surface area contributed by atoms with Crippen molar-refractivity contribution in [2.75, 3.05) is 0 Å². The molecule has 122 valence electrons. The summed E-state index contributed by atoms with van der Waals surface area (Å²) in [6, 6.07) is 15.9. The van der Waals surface area contributed by atoms with Crippen LogP contribution < -0.4 is 5.56 Å². The average molecular weight is 342 g/mol. The van der Waals surface area contributed by atoms with Gasteiger partial charge < -0.3 is 9.30 Å². The van der Waals surface area contributed by atoms with Gasteiger partial charge in [0, 0.05) is 18.0 Å². The first-order valence-electron chi connectivity index (χ1n) is 7.64. The van der Waals surface area contributed by atoms with Crippen molar-refractivity contribution >= 4 is 28.5 Å². The summed E-state index contributed by atoms with van der Waals surface area (Å²) in [7, 11) is 0. The molecular weight excluding hydrogens is 326 g/mol. The second-order valence-electron chi connectivity index (χ2n) is 5.37. The lowest BCUT2D eigenvalue weighted by Gasteiger charge is -2.11. The third-order valence-electron chi connectivity index (χ3n) is 3.83. The quantitative estimate of drug-likeness (QED) is 0.673. The smallest absolute Gasteiger partial charge is 0.338 e. The second-order valence-corrected chi connectivity index (χ2v) is 5.78. The summed E-state index contributed by atoms with van der Waals surface area (Å²) in [5.74, 6) is -0.425. The van der Waals surface area contributed by atoms with Gasteiger partial charge in [0.05, 0.1) is 16.1 Å². The molecule has 1 aromatic heterocycles. The van der Waals surface area contributed by atoms with Crippen molar-refractivity contribution in [3.63, 3.8) is 0 Å². The van der Waals surface area contributed by atoms with Gasteiger partial charge in [0.1, 0.15) is 6.61 Å². The van der Waals surface area contributed by atoms with Crippen LogP contribution in [0.15, 0.2) is 59.4 Å². The minimum atomic E-state index is -0.425. The van der Waals surface area contributed by atoms with Gasteiger partial charge in [-0.05, 0) is 30.7 Å². The highest BCUT2D eigenvalue weighted by Crippen LogP contribution is 2.23. The summed E-state index contributed by atoms with van der Waals surface area (Å²) in [5, 5.41) is 0.990. The molecule has 0 unspecified atom stereocenters. The van der Waals surface area contributed by atoms with Crippen LogP contribution in [-0.4, -0.2) is 10.5 Å². The van der Waals surface area contributed by atoms with Crippen molar-refractivity contribution in [2.24, 2.45) is 0 Å². The van der Waals surface area contributed by atoms with Crippen molar-refractivity contribution in [3.05, 3.63) is 81.1 Å². The first kappa shape index (κ1) is 16.3. The normalized spacial score (nSPS) is 10.8. The van der Waals surface area contributed by atoms with E-state index in [9.17, 15) is 9.59 Å². The number of aryl methyl sites for hydroxylation is 1. The van der Waals surface area contributed by atoms with Gasteiger partial charge in [-0.15, -0.1) is 0 Å². The van der Waals surface area contributed by atoms with E-state index in [2.05, 4.69) is 0 Å². The molecule has 0 amide bonds. The van der Waals surface area contributed by atoms with E-state index in [4.69, 9.17) is 16.3 Å². The van der Waals surface area contributed by atoms with Gasteiger partial charge in [-0.1, -0.05) is 41.9 Å². The third kappa shape index (κ3) is 3.19. The molecule has 2 aromatic carbocycles. The molecule has 0 spiro atoms. The Hall–Kier alpha value is -2.59. The molecule has 0 aliphatic heterocycles. The second kappa shape index (κ2) is 6.89. The Morgan fingerprint density at radius 1 is 1.12 bits per heavy atom. The molecule has 0 N–H and O–H groups in total. The Balaban J connectivity index is 1.90. The molecule has 1 heterocycles. The van der Waals surface area contributed by atoms with Gasteiger partial charge in [0.25, 0.3) is 5.56 Å². The molecule has 3 aromatic rings. The fourth-order valence-corrected chi connectivity index (χ4v) is 2.85. The van der Waals surface area contributed by atoms with Crippen LogP contribution in [-0.2, 0) is 17.9 Å². The van der Waals surface area contributed by atoms with Crippen LogP contribution in [0.25, 0.3) is 10.9 Å². The Bertz CT molecular complexity index is 948. The Labute approximate surface area is 144 Å². The number of fused-ring (bicyclic) bond motifs is 1. The molecule has 0 fully saturated rings. The monoisotopic (exact) mass is 341 g/mol. The molecule has 0 atom stereocenters. The number of aromatic nitrogens is 1. The number of ether oxygens (including phenoxy) is 1. The number of pyridine rings is 1. The molecule has 0 radical (unpaired) electrons. The molecule has 0 saturated carbocycles. The maximum atomic E-state index is 12.3. The molecule has 24 heavy (non-hydrogen) atoms. The van der Waals surface area contributed by atoms with Crippen LogP contribution in [0, 0.1) is 0 Å². The van der Waals surface area contributed by atoms with Crippen LogP contribution in [0.5, 0.6) is 0 Å². The number of carbonyl (C=O) groups is 1. The van der Waals surface area contributed by atoms with E-state index in [-0.39, 0.29) is 12.2 Å². The highest BCUT2D eigenvalue weighted by molar-refractivity contribution is 6.35. The highest BCUT2D eigenvalue weighted by Gasteiger charge is 2.12. The summed E-state index contributed by atoms with van der Waals surface area (Å²) < 4.78 is 6.94. The molecule has 4 nitrogen and oxygen atoms in total. The van der Waals surface area contributed by atoms with Crippen molar-refractivity contribution in [3.8, 4) is 0 Å². The molecule has 0 aliphatic carbocycles. The van der Waals surface area contributed by atoms with Crippen LogP contribution in [0.1, 0.15) is 22.8 Å². The van der Waals surface area contributed by atoms with Gasteiger partial charge in [0.15, 0.2) is 0 Å². The van der Waals surface area contributed by atoms with Gasteiger partial charge in [-0.25, -0.2) is 4.79 Å². The van der Waals surface area contributed by atoms with Crippen LogP contribution in [0.2, 0.25) is 5.02 Å². The largest absolute Gasteiger partial charge is 0.457 e. The maximum absolute atomic E-state index is 12.3. The Morgan fingerprint density at radius 3 is 2.58 bits per heavy atom. The topological polar surface area (TPSA) is 48.3 Å². The summed E-state index contributed by atoms with van der Waals surface area (Å²) >= 11 is 6.18. The summed E-state index contributed by atoms with van der Waals surface area (Å²) in [6.45, 7) is 2.63. The standard InChI is InChI=1S/C19H16ClNO3/c1-2-21-17-9-8-14(10-15(17)16(20)11-18(21)22)19(23)24-12-13-6-4-3-5-7-13/h3-11H,2,12H2,1H3. The first-order chi connectivity index (χ1) is 11.6. The van der Waals surface area contributed by atoms with E-state index in [1.807, 2.05) is 37.3 Å². The van der Waals surface area contributed by atoms with Gasteiger partial charge in [0.2, 0.25) is 0 Å². The number of benzene rings is 2. The van der Waals surface area contributed by atoms with Crippen molar-refractivity contribution < 1.29 is 9.53 Å². The Morgan fingerprint density at radius 2 is 1.88 bits per heavy atom. The first-order valence-corrected chi connectivity index (χ1v) is 8.02. The fourth-order valence-electron chi connectivity index (χ4n) is 2.61. The van der Waals surface area contributed by atoms with Crippen LogP contribution >= 0.6 is 11.6 Å². The zero-order valence-corrected chi connectivity index (χ0v) is 13.9. The predicted octanol–water partition coefficient (Wildman–Crippen LogP) is 4.03. The van der Waals surface area contributed by atoms with E-state index in [1.165, 1.54) is 6.07 Å². The SMILES string of the molecule is CCn1c(=O)cc(Cl)c2cc(C(=O)OCc3ccccc3)ccc21. The van der Waals surface area contributed by atoms with Gasteiger partial charge in [-0.2, -0.15) is 0 Å². The summed E-state index contributed by atoms with van der Waals surface area (Å²) in [6.07, 6.45) is 0. The average Bonchev–Trinajstić information content (AvgIpc) is 2.60. The lowest BCUT2D eigenvalue weighted by Crippen LogP contribution is -2.18. The number of rotatable bonds is 4. The van der Waals surface area contributed by atoms with Crippen LogP contribution in [0.3, 0.4) is 0 Å². The third-order valence-corrected chi connectivity index (χ3v) is 4.14. The molecular formula is C19H16ClNO3. The highest BCUT2D eigenvalue weighted by atomic mass is 35.5. The zero-order valence-electron chi connectivity index (χ0n) is 13.2. The number of esters is 1. The minimum absolute atomic E-state index is 0.158. The zero-order chi connectivity index (χ0) is 17.1. The number of hydrogen-bond acceptors (Lipinski definition) is 3. The number of halogens is 1. The number of nitrogens with zero attached hydrogens (tertiary/aromatic N) is 1. The number of carbonyl (C=O) groups excluding carboxylic acids is 1. The van der Waals surface area contributed by atoms with Gasteiger partial charge in [-0.3, -0.25) is 4.79 Å². The summed E-state index contributed by atoms with van der Waals surface area (Å²) in [5.41, 5.74) is 1.87. The van der Waals surface area contributed by atoms with E-state index in [0.29, 0.717) is 28.0 Å². The van der Waals surface area contributed by atoms with Crippen molar-refractivity contribution in [1.82, 2.24) is 4.57 Å². The molecule has 0 aliphatic rings. The Kier molecular flexibility index (Phi) is 4.67. The molecule has 3 rings (SSSR count). The lowest BCUT2D eigenvalue weighted by molar-refractivity contribution is 0.0473. The van der Waals surface area contributed by atoms with Crippen molar-refractivity contribution in [2.45, 2.75) is 20.1 Å². The van der Waals surface area contributed by atoms with E-state index in [1.54, 1.807) is 22.8 Å². The van der Waals surface area contributed by atoms with Gasteiger partial charge >= 0.3 is 5.97 Å². The number of hydrogen-bond donors (Lipinski definition) is 0. The van der Waals surface area contributed by atoms with Crippen molar-refractivity contribution in [1.29, 1.82) is 0 Å². The van der Waals surface area contributed by atoms with E-state index >= 15 is 0 Å². The fraction of sp³-hybridized carbons (Fsp3) is 0.158. The van der Waals surface area contributed by atoms with Crippen LogP contribution in [0.4, 0.5) is 0 Å². The molecule has 5 heteroatoms. The maximum Gasteiger partial charge on any atom is 0.338 e. The molecule has 0 saturated heterocycles. The lowest BCUT2D eigenvalue weighted by atomic mass is 10.1. The van der Waals surface area contributed by atoms with E-state index in [0.717, 1.165) is 5.56 Å². The predicted molar refractivity (Wildman–Crippen MR) is 94.5 cm³/mol. The minimum Gasteiger partial charge on any atom is -0.457 e.